The average molecular weight is 400 g/mol. The molecule has 0 saturated carbocycles. The molecule has 2 aromatic rings. The van der Waals surface area contributed by atoms with Crippen LogP contribution in [0.4, 0.5) is 0 Å². The Balaban J connectivity index is 1.69. The Kier molecular flexibility index (Phi) is 6.96. The van der Waals surface area contributed by atoms with E-state index in [1.54, 1.807) is 7.11 Å². The van der Waals surface area contributed by atoms with Gasteiger partial charge in [0.25, 0.3) is 0 Å². The lowest BCUT2D eigenvalue weighted by Gasteiger charge is -2.40. The number of hydrogen-bond acceptors (Lipinski definition) is 5. The van der Waals surface area contributed by atoms with E-state index in [-0.39, 0.29) is 5.97 Å². The number of piperidine rings is 1. The van der Waals surface area contributed by atoms with Gasteiger partial charge in [-0.1, -0.05) is 26.0 Å². The second-order valence-electron chi connectivity index (χ2n) is 8.28. The Labute approximate surface area is 173 Å². The van der Waals surface area contributed by atoms with Crippen LogP contribution in [-0.4, -0.2) is 47.9 Å². The van der Waals surface area contributed by atoms with E-state index >= 15 is 0 Å². The van der Waals surface area contributed by atoms with Crippen LogP contribution >= 0.6 is 0 Å². The van der Waals surface area contributed by atoms with Gasteiger partial charge >= 0.3 is 5.97 Å². The van der Waals surface area contributed by atoms with Gasteiger partial charge in [-0.05, 0) is 69.0 Å². The standard InChI is InChI=1S/C23H33N3O3/c1-5-29-22(27)23(15-18-7-6-8-20(13-18)28-4)9-11-26(12-10-23)16-19-14-21(17(2)3)25-24-19/h6-8,13-14,17H,5,9-12,15-16H2,1-4H3,(H,24,25). The minimum Gasteiger partial charge on any atom is -0.497 e. The zero-order valence-corrected chi connectivity index (χ0v) is 18.0. The fraction of sp³-hybridized carbons (Fsp3) is 0.565. The third-order valence-electron chi connectivity index (χ3n) is 5.83. The number of esters is 1. The SMILES string of the molecule is CCOC(=O)C1(Cc2cccc(OC)c2)CCN(Cc2cc(C(C)C)n[nH]2)CC1. The number of aromatic amines is 1. The predicted molar refractivity (Wildman–Crippen MR) is 113 cm³/mol. The monoisotopic (exact) mass is 399 g/mol. The molecular formula is C23H33N3O3. The van der Waals surface area contributed by atoms with Crippen molar-refractivity contribution in [3.8, 4) is 5.75 Å². The molecule has 1 saturated heterocycles. The summed E-state index contributed by atoms with van der Waals surface area (Å²) in [7, 11) is 1.67. The van der Waals surface area contributed by atoms with Crippen molar-refractivity contribution in [2.75, 3.05) is 26.8 Å². The number of carbonyl (C=O) groups excluding carboxylic acids is 1. The molecule has 0 radical (unpaired) electrons. The molecule has 1 fully saturated rings. The molecule has 0 amide bonds. The maximum atomic E-state index is 12.9. The van der Waals surface area contributed by atoms with Crippen LogP contribution in [0.1, 0.15) is 56.5 Å². The van der Waals surface area contributed by atoms with E-state index in [1.165, 1.54) is 0 Å². The van der Waals surface area contributed by atoms with E-state index in [0.29, 0.717) is 18.9 Å². The van der Waals surface area contributed by atoms with Crippen molar-refractivity contribution in [1.29, 1.82) is 0 Å². The fourth-order valence-electron chi connectivity index (χ4n) is 4.05. The number of nitrogens with one attached hydrogen (secondary N) is 1. The lowest BCUT2D eigenvalue weighted by Crippen LogP contribution is -2.46. The van der Waals surface area contributed by atoms with Gasteiger partial charge in [0.2, 0.25) is 0 Å². The fourth-order valence-corrected chi connectivity index (χ4v) is 4.05. The van der Waals surface area contributed by atoms with Gasteiger partial charge in [-0.3, -0.25) is 14.8 Å². The summed E-state index contributed by atoms with van der Waals surface area (Å²) >= 11 is 0. The summed E-state index contributed by atoms with van der Waals surface area (Å²) < 4.78 is 10.8. The molecule has 1 aliphatic rings. The Hall–Kier alpha value is -2.34. The molecule has 1 aromatic heterocycles. The van der Waals surface area contributed by atoms with Crippen LogP contribution in [0, 0.1) is 5.41 Å². The summed E-state index contributed by atoms with van der Waals surface area (Å²) in [5.41, 5.74) is 2.86. The van der Waals surface area contributed by atoms with Gasteiger partial charge in [0.05, 0.1) is 24.8 Å². The third kappa shape index (κ3) is 5.18. The molecule has 0 unspecified atom stereocenters. The number of nitrogens with zero attached hydrogens (tertiary/aromatic N) is 2. The highest BCUT2D eigenvalue weighted by Gasteiger charge is 2.42. The summed E-state index contributed by atoms with van der Waals surface area (Å²) in [5, 5.41) is 7.55. The van der Waals surface area contributed by atoms with Crippen molar-refractivity contribution in [3.05, 3.63) is 47.3 Å². The van der Waals surface area contributed by atoms with Crippen LogP contribution in [0.15, 0.2) is 30.3 Å². The molecule has 6 nitrogen and oxygen atoms in total. The van der Waals surface area contributed by atoms with Crippen molar-refractivity contribution in [1.82, 2.24) is 15.1 Å². The van der Waals surface area contributed by atoms with E-state index in [4.69, 9.17) is 9.47 Å². The van der Waals surface area contributed by atoms with Crippen molar-refractivity contribution in [2.45, 2.75) is 52.5 Å². The summed E-state index contributed by atoms with van der Waals surface area (Å²) in [6.45, 7) is 9.13. The number of hydrogen-bond donors (Lipinski definition) is 1. The summed E-state index contributed by atoms with van der Waals surface area (Å²) in [5.74, 6) is 1.16. The maximum Gasteiger partial charge on any atom is 0.312 e. The van der Waals surface area contributed by atoms with Gasteiger partial charge in [0, 0.05) is 12.2 Å². The second kappa shape index (κ2) is 9.44. The number of aromatic nitrogens is 2. The van der Waals surface area contributed by atoms with E-state index < -0.39 is 5.41 Å². The minimum atomic E-state index is -0.476. The summed E-state index contributed by atoms with van der Waals surface area (Å²) in [6.07, 6.45) is 2.25. The van der Waals surface area contributed by atoms with Gasteiger partial charge in [0.1, 0.15) is 5.75 Å². The second-order valence-corrected chi connectivity index (χ2v) is 8.28. The highest BCUT2D eigenvalue weighted by atomic mass is 16.5. The van der Waals surface area contributed by atoms with E-state index in [9.17, 15) is 4.79 Å². The van der Waals surface area contributed by atoms with Crippen LogP contribution in [0.25, 0.3) is 0 Å². The molecule has 1 aliphatic heterocycles. The van der Waals surface area contributed by atoms with Crippen molar-refractivity contribution < 1.29 is 14.3 Å². The molecule has 1 aromatic carbocycles. The molecular weight excluding hydrogens is 366 g/mol. The molecule has 2 heterocycles. The summed E-state index contributed by atoms with van der Waals surface area (Å²) in [6, 6.07) is 10.1. The lowest BCUT2D eigenvalue weighted by molar-refractivity contribution is -0.158. The smallest absolute Gasteiger partial charge is 0.312 e. The van der Waals surface area contributed by atoms with Gasteiger partial charge < -0.3 is 9.47 Å². The zero-order chi connectivity index (χ0) is 20.9. The molecule has 0 atom stereocenters. The van der Waals surface area contributed by atoms with E-state index in [1.807, 2.05) is 25.1 Å². The number of benzene rings is 1. The average Bonchev–Trinajstić information content (AvgIpc) is 3.19. The van der Waals surface area contributed by atoms with Crippen molar-refractivity contribution in [3.63, 3.8) is 0 Å². The topological polar surface area (TPSA) is 67.5 Å². The van der Waals surface area contributed by atoms with E-state index in [0.717, 1.165) is 55.2 Å². The quantitative estimate of drug-likeness (QED) is 0.681. The first-order valence-corrected chi connectivity index (χ1v) is 10.5. The number of ether oxygens (including phenoxy) is 2. The molecule has 158 valence electrons. The highest BCUT2D eigenvalue weighted by Crippen LogP contribution is 2.37. The Morgan fingerprint density at radius 2 is 2.03 bits per heavy atom. The number of carbonyl (C=O) groups is 1. The van der Waals surface area contributed by atoms with Gasteiger partial charge in [-0.25, -0.2) is 0 Å². The first kappa shape index (κ1) is 21.4. The van der Waals surface area contributed by atoms with Crippen molar-refractivity contribution >= 4 is 5.97 Å². The number of rotatable bonds is 8. The van der Waals surface area contributed by atoms with Crippen molar-refractivity contribution in [2.24, 2.45) is 5.41 Å². The van der Waals surface area contributed by atoms with Gasteiger partial charge in [-0.2, -0.15) is 5.10 Å². The third-order valence-corrected chi connectivity index (χ3v) is 5.83. The highest BCUT2D eigenvalue weighted by molar-refractivity contribution is 5.77. The van der Waals surface area contributed by atoms with Crippen LogP contribution in [0.2, 0.25) is 0 Å². The Bertz CT molecular complexity index is 807. The molecule has 3 rings (SSSR count). The largest absolute Gasteiger partial charge is 0.497 e. The zero-order valence-electron chi connectivity index (χ0n) is 18.0. The first-order chi connectivity index (χ1) is 14.0. The lowest BCUT2D eigenvalue weighted by atomic mass is 9.73. The molecule has 6 heteroatoms. The molecule has 0 bridgehead atoms. The normalized spacial score (nSPS) is 16.7. The molecule has 0 spiro atoms. The predicted octanol–water partition coefficient (Wildman–Crippen LogP) is 3.93. The maximum absolute atomic E-state index is 12.9. The minimum absolute atomic E-state index is 0.0777. The number of likely N-dealkylation sites (tertiary alicyclic amines) is 1. The van der Waals surface area contributed by atoms with Crippen LogP contribution in [-0.2, 0) is 22.5 Å². The molecule has 29 heavy (non-hydrogen) atoms. The van der Waals surface area contributed by atoms with Gasteiger partial charge in [0.15, 0.2) is 0 Å². The number of methoxy groups -OCH3 is 1. The molecule has 1 N–H and O–H groups in total. The number of H-pyrrole nitrogens is 1. The van der Waals surface area contributed by atoms with Crippen LogP contribution in [0.5, 0.6) is 5.75 Å². The molecule has 0 aliphatic carbocycles. The van der Waals surface area contributed by atoms with Crippen LogP contribution < -0.4 is 4.74 Å². The summed E-state index contributed by atoms with van der Waals surface area (Å²) in [4.78, 5) is 15.3. The van der Waals surface area contributed by atoms with Crippen LogP contribution in [0.3, 0.4) is 0 Å². The first-order valence-electron chi connectivity index (χ1n) is 10.5. The van der Waals surface area contributed by atoms with Gasteiger partial charge in [-0.15, -0.1) is 0 Å². The van der Waals surface area contributed by atoms with E-state index in [2.05, 4.69) is 41.1 Å². The Morgan fingerprint density at radius 1 is 1.28 bits per heavy atom. The Morgan fingerprint density at radius 3 is 2.66 bits per heavy atom.